The Bertz CT molecular complexity index is 980. The molecule has 3 rings (SSSR count). The predicted octanol–water partition coefficient (Wildman–Crippen LogP) is 3.45. The molecule has 136 valence electrons. The third-order valence-corrected chi connectivity index (χ3v) is 3.99. The van der Waals surface area contributed by atoms with Gasteiger partial charge in [0, 0.05) is 37.5 Å². The van der Waals surface area contributed by atoms with Crippen LogP contribution in [0.4, 0.5) is 5.69 Å². The minimum Gasteiger partial charge on any atom is -0.338 e. The summed E-state index contributed by atoms with van der Waals surface area (Å²) in [4.78, 5) is 24.4. The summed E-state index contributed by atoms with van der Waals surface area (Å²) in [5, 5.41) is 15.3. The molecule has 1 aromatic heterocycles. The standard InChI is InChI=1S/C20H18N4O3/c1-22(14-16-13-21-23(15-16)18-8-3-2-4-9-18)20(25)12-11-17-7-5-6-10-19(17)24(26)27/h2-13,15H,14H2,1H3. The van der Waals surface area contributed by atoms with Gasteiger partial charge in [0.1, 0.15) is 0 Å². The van der Waals surface area contributed by atoms with E-state index in [1.807, 2.05) is 36.5 Å². The predicted molar refractivity (Wildman–Crippen MR) is 102 cm³/mol. The van der Waals surface area contributed by atoms with Gasteiger partial charge in [0.25, 0.3) is 5.69 Å². The van der Waals surface area contributed by atoms with Crippen molar-refractivity contribution in [1.29, 1.82) is 0 Å². The van der Waals surface area contributed by atoms with E-state index in [4.69, 9.17) is 0 Å². The van der Waals surface area contributed by atoms with E-state index in [2.05, 4.69) is 5.10 Å². The molecule has 7 nitrogen and oxygen atoms in total. The van der Waals surface area contributed by atoms with Crippen LogP contribution in [0, 0.1) is 10.1 Å². The maximum atomic E-state index is 12.3. The maximum Gasteiger partial charge on any atom is 0.276 e. The third kappa shape index (κ3) is 4.46. The summed E-state index contributed by atoms with van der Waals surface area (Å²) in [5.74, 6) is -0.249. The molecule has 0 saturated carbocycles. The van der Waals surface area contributed by atoms with Crippen molar-refractivity contribution in [2.24, 2.45) is 0 Å². The number of benzene rings is 2. The first kappa shape index (κ1) is 18.1. The van der Waals surface area contributed by atoms with Crippen LogP contribution in [0.25, 0.3) is 11.8 Å². The van der Waals surface area contributed by atoms with Crippen molar-refractivity contribution in [3.63, 3.8) is 0 Å². The summed E-state index contributed by atoms with van der Waals surface area (Å²) in [5.41, 5.74) is 2.18. The van der Waals surface area contributed by atoms with Gasteiger partial charge in [-0.2, -0.15) is 5.10 Å². The van der Waals surface area contributed by atoms with Gasteiger partial charge in [0.2, 0.25) is 5.91 Å². The molecule has 1 heterocycles. The number of nitro benzene ring substituents is 1. The second kappa shape index (κ2) is 8.09. The fraction of sp³-hybridized carbons (Fsp3) is 0.100. The van der Waals surface area contributed by atoms with E-state index < -0.39 is 4.92 Å². The Morgan fingerprint density at radius 3 is 2.63 bits per heavy atom. The van der Waals surface area contributed by atoms with Crippen LogP contribution in [-0.2, 0) is 11.3 Å². The van der Waals surface area contributed by atoms with Gasteiger partial charge >= 0.3 is 0 Å². The highest BCUT2D eigenvalue weighted by Crippen LogP contribution is 2.19. The van der Waals surface area contributed by atoms with Gasteiger partial charge in [0.15, 0.2) is 0 Å². The molecule has 27 heavy (non-hydrogen) atoms. The molecule has 0 spiro atoms. The van der Waals surface area contributed by atoms with Crippen molar-refractivity contribution in [2.45, 2.75) is 6.54 Å². The number of likely N-dealkylation sites (N-methyl/N-ethyl adjacent to an activating group) is 1. The smallest absolute Gasteiger partial charge is 0.276 e. The van der Waals surface area contributed by atoms with E-state index in [0.29, 0.717) is 12.1 Å². The number of hydrogen-bond donors (Lipinski definition) is 0. The number of hydrogen-bond acceptors (Lipinski definition) is 4. The molecule has 0 N–H and O–H groups in total. The Morgan fingerprint density at radius 2 is 1.89 bits per heavy atom. The lowest BCUT2D eigenvalue weighted by atomic mass is 10.1. The van der Waals surface area contributed by atoms with Crippen molar-refractivity contribution < 1.29 is 9.72 Å². The highest BCUT2D eigenvalue weighted by atomic mass is 16.6. The van der Waals surface area contributed by atoms with Crippen LogP contribution in [0.3, 0.4) is 0 Å². The Kier molecular flexibility index (Phi) is 5.41. The fourth-order valence-electron chi connectivity index (χ4n) is 2.60. The summed E-state index contributed by atoms with van der Waals surface area (Å²) in [6.45, 7) is 0.382. The molecule has 7 heteroatoms. The molecule has 0 saturated heterocycles. The van der Waals surface area contributed by atoms with Gasteiger partial charge in [-0.05, 0) is 24.3 Å². The molecule has 0 fully saturated rings. The number of nitrogens with zero attached hydrogens (tertiary/aromatic N) is 4. The van der Waals surface area contributed by atoms with E-state index >= 15 is 0 Å². The van der Waals surface area contributed by atoms with E-state index in [0.717, 1.165) is 11.3 Å². The molecule has 0 aliphatic heterocycles. The van der Waals surface area contributed by atoms with Gasteiger partial charge in [-0.1, -0.05) is 30.3 Å². The molecule has 3 aromatic rings. The second-order valence-electron chi connectivity index (χ2n) is 5.97. The molecule has 2 aromatic carbocycles. The summed E-state index contributed by atoms with van der Waals surface area (Å²) < 4.78 is 1.75. The van der Waals surface area contributed by atoms with Gasteiger partial charge in [0.05, 0.1) is 22.4 Å². The summed E-state index contributed by atoms with van der Waals surface area (Å²) in [7, 11) is 1.67. The topological polar surface area (TPSA) is 81.3 Å². The number of rotatable bonds is 6. The zero-order valence-corrected chi connectivity index (χ0v) is 14.7. The highest BCUT2D eigenvalue weighted by molar-refractivity contribution is 5.92. The lowest BCUT2D eigenvalue weighted by molar-refractivity contribution is -0.385. The van der Waals surface area contributed by atoms with Gasteiger partial charge in [-0.15, -0.1) is 0 Å². The van der Waals surface area contributed by atoms with Gasteiger partial charge < -0.3 is 4.90 Å². The minimum atomic E-state index is -0.466. The molecule has 1 amide bonds. The van der Waals surface area contributed by atoms with Crippen molar-refractivity contribution in [2.75, 3.05) is 7.05 Å². The van der Waals surface area contributed by atoms with E-state index in [9.17, 15) is 14.9 Å². The minimum absolute atomic E-state index is 0.0339. The Labute approximate surface area is 156 Å². The molecular formula is C20H18N4O3. The summed E-state index contributed by atoms with van der Waals surface area (Å²) in [6.07, 6.45) is 6.38. The average Bonchev–Trinajstić information content (AvgIpc) is 3.15. The second-order valence-corrected chi connectivity index (χ2v) is 5.97. The van der Waals surface area contributed by atoms with Gasteiger partial charge in [-0.25, -0.2) is 4.68 Å². The Morgan fingerprint density at radius 1 is 1.19 bits per heavy atom. The molecule has 0 unspecified atom stereocenters. The van der Waals surface area contributed by atoms with Crippen molar-refractivity contribution in [3.05, 3.63) is 94.3 Å². The number of aromatic nitrogens is 2. The maximum absolute atomic E-state index is 12.3. The van der Waals surface area contributed by atoms with Crippen LogP contribution in [0.1, 0.15) is 11.1 Å². The Balaban J connectivity index is 1.67. The van der Waals surface area contributed by atoms with E-state index in [1.54, 1.807) is 36.1 Å². The first-order valence-corrected chi connectivity index (χ1v) is 8.30. The average molecular weight is 362 g/mol. The lowest BCUT2D eigenvalue weighted by Gasteiger charge is -2.13. The number of amides is 1. The zero-order valence-electron chi connectivity index (χ0n) is 14.7. The first-order valence-electron chi connectivity index (χ1n) is 8.30. The van der Waals surface area contributed by atoms with Crippen LogP contribution >= 0.6 is 0 Å². The lowest BCUT2D eigenvalue weighted by Crippen LogP contribution is -2.23. The van der Waals surface area contributed by atoms with Crippen LogP contribution in [0.5, 0.6) is 0 Å². The quantitative estimate of drug-likeness (QED) is 0.382. The molecule has 0 bridgehead atoms. The van der Waals surface area contributed by atoms with E-state index in [1.165, 1.54) is 23.1 Å². The van der Waals surface area contributed by atoms with Gasteiger partial charge in [-0.3, -0.25) is 14.9 Å². The van der Waals surface area contributed by atoms with Crippen LogP contribution in [-0.4, -0.2) is 32.6 Å². The number of carbonyl (C=O) groups is 1. The highest BCUT2D eigenvalue weighted by Gasteiger charge is 2.12. The van der Waals surface area contributed by atoms with Crippen molar-refractivity contribution in [1.82, 2.24) is 14.7 Å². The zero-order chi connectivity index (χ0) is 19.2. The van der Waals surface area contributed by atoms with Crippen molar-refractivity contribution >= 4 is 17.7 Å². The summed E-state index contributed by atoms with van der Waals surface area (Å²) in [6, 6.07) is 16.0. The third-order valence-electron chi connectivity index (χ3n) is 3.99. The molecule has 0 radical (unpaired) electrons. The van der Waals surface area contributed by atoms with Crippen LogP contribution < -0.4 is 0 Å². The monoisotopic (exact) mass is 362 g/mol. The molecular weight excluding hydrogens is 344 g/mol. The molecule has 0 atom stereocenters. The van der Waals surface area contributed by atoms with E-state index in [-0.39, 0.29) is 11.6 Å². The number of carbonyl (C=O) groups excluding carboxylic acids is 1. The Hall–Kier alpha value is -3.74. The van der Waals surface area contributed by atoms with Crippen LogP contribution in [0.15, 0.2) is 73.1 Å². The van der Waals surface area contributed by atoms with Crippen molar-refractivity contribution in [3.8, 4) is 5.69 Å². The first-order chi connectivity index (χ1) is 13.0. The number of para-hydroxylation sites is 2. The summed E-state index contributed by atoms with van der Waals surface area (Å²) >= 11 is 0. The largest absolute Gasteiger partial charge is 0.338 e. The molecule has 0 aliphatic rings. The van der Waals surface area contributed by atoms with Crippen LogP contribution in [0.2, 0.25) is 0 Å². The normalized spacial score (nSPS) is 10.9. The molecule has 0 aliphatic carbocycles. The SMILES string of the molecule is CN(Cc1cnn(-c2ccccc2)c1)C(=O)C=Cc1ccccc1[N+](=O)[O-]. The fourth-order valence-corrected chi connectivity index (χ4v) is 2.60. The number of nitro groups is 1.